The number of carbonyl (C=O) groups excluding carboxylic acids is 1. The lowest BCUT2D eigenvalue weighted by atomic mass is 10.1. The molecule has 3 aromatic rings. The number of ether oxygens (including phenoxy) is 1. The maximum absolute atomic E-state index is 11.9. The average Bonchev–Trinajstić information content (AvgIpc) is 3.07. The predicted octanol–water partition coefficient (Wildman–Crippen LogP) is 2.59. The molecule has 4 rings (SSSR count). The van der Waals surface area contributed by atoms with Crippen LogP contribution in [0, 0.1) is 0 Å². The van der Waals surface area contributed by atoms with Gasteiger partial charge in [0.15, 0.2) is 5.17 Å². The molecule has 27 heavy (non-hydrogen) atoms. The first-order valence-electron chi connectivity index (χ1n) is 8.15. The van der Waals surface area contributed by atoms with Gasteiger partial charge in [-0.15, -0.1) is 5.10 Å². The van der Waals surface area contributed by atoms with E-state index in [1.54, 1.807) is 0 Å². The molecule has 0 saturated heterocycles. The van der Waals surface area contributed by atoms with Gasteiger partial charge in [0.05, 0.1) is 16.7 Å². The number of nitrogens with one attached hydrogen (secondary N) is 3. The molecule has 2 heterocycles. The fourth-order valence-electron chi connectivity index (χ4n) is 2.56. The van der Waals surface area contributed by atoms with Crippen LogP contribution < -0.4 is 11.0 Å². The third-order valence-corrected chi connectivity index (χ3v) is 4.75. The summed E-state index contributed by atoms with van der Waals surface area (Å²) in [5, 5.41) is 11.2. The van der Waals surface area contributed by atoms with Crippen molar-refractivity contribution in [2.75, 3.05) is 5.75 Å². The SMILES string of the molecule is O=C(NC1=NN=C(c2ccc3[nH]c(=O)[nH]c3c2)CS1)OCc1ccccc1. The van der Waals surface area contributed by atoms with E-state index in [9.17, 15) is 9.59 Å². The lowest BCUT2D eigenvalue weighted by Gasteiger charge is -2.13. The Bertz CT molecular complexity index is 1100. The Morgan fingerprint density at radius 2 is 1.93 bits per heavy atom. The van der Waals surface area contributed by atoms with Crippen molar-refractivity contribution in [1.29, 1.82) is 0 Å². The summed E-state index contributed by atoms with van der Waals surface area (Å²) in [7, 11) is 0. The van der Waals surface area contributed by atoms with E-state index in [4.69, 9.17) is 4.74 Å². The molecule has 0 bridgehead atoms. The first-order valence-corrected chi connectivity index (χ1v) is 9.13. The van der Waals surface area contributed by atoms with E-state index in [0.717, 1.165) is 22.4 Å². The number of alkyl carbamates (subject to hydrolysis) is 1. The van der Waals surface area contributed by atoms with Gasteiger partial charge in [-0.2, -0.15) is 5.10 Å². The summed E-state index contributed by atoms with van der Waals surface area (Å²) in [6.07, 6.45) is -0.574. The molecule has 1 amide bonds. The first-order chi connectivity index (χ1) is 13.2. The van der Waals surface area contributed by atoms with Crippen LogP contribution in [-0.4, -0.2) is 32.7 Å². The van der Waals surface area contributed by atoms with Gasteiger partial charge in [0.2, 0.25) is 0 Å². The smallest absolute Gasteiger partial charge is 0.413 e. The topological polar surface area (TPSA) is 112 Å². The van der Waals surface area contributed by atoms with Crippen LogP contribution in [0.3, 0.4) is 0 Å². The van der Waals surface area contributed by atoms with Gasteiger partial charge in [-0.05, 0) is 17.7 Å². The van der Waals surface area contributed by atoms with Crippen LogP contribution in [0.2, 0.25) is 0 Å². The Morgan fingerprint density at radius 1 is 1.11 bits per heavy atom. The molecule has 1 aliphatic rings. The number of amides is 1. The lowest BCUT2D eigenvalue weighted by molar-refractivity contribution is 0.145. The highest BCUT2D eigenvalue weighted by Crippen LogP contribution is 2.17. The molecule has 2 aromatic carbocycles. The lowest BCUT2D eigenvalue weighted by Crippen LogP contribution is -2.31. The molecule has 1 aromatic heterocycles. The van der Waals surface area contributed by atoms with Gasteiger partial charge in [-0.3, -0.25) is 5.32 Å². The highest BCUT2D eigenvalue weighted by atomic mass is 32.2. The van der Waals surface area contributed by atoms with Crippen molar-refractivity contribution >= 4 is 39.8 Å². The van der Waals surface area contributed by atoms with Crippen LogP contribution in [0.5, 0.6) is 0 Å². The van der Waals surface area contributed by atoms with Gasteiger partial charge in [-0.25, -0.2) is 9.59 Å². The zero-order chi connectivity index (χ0) is 18.6. The third kappa shape index (κ3) is 4.09. The molecule has 1 aliphatic heterocycles. The molecule has 0 radical (unpaired) electrons. The quantitative estimate of drug-likeness (QED) is 0.647. The summed E-state index contributed by atoms with van der Waals surface area (Å²) in [6, 6.07) is 15.0. The van der Waals surface area contributed by atoms with Gasteiger partial charge in [-0.1, -0.05) is 48.2 Å². The van der Waals surface area contributed by atoms with Crippen LogP contribution >= 0.6 is 11.8 Å². The van der Waals surface area contributed by atoms with Gasteiger partial charge in [0.25, 0.3) is 0 Å². The van der Waals surface area contributed by atoms with Crippen molar-refractivity contribution in [3.63, 3.8) is 0 Å². The van der Waals surface area contributed by atoms with Crippen LogP contribution in [-0.2, 0) is 11.3 Å². The molecule has 0 aliphatic carbocycles. The van der Waals surface area contributed by atoms with Gasteiger partial charge in [0.1, 0.15) is 6.61 Å². The van der Waals surface area contributed by atoms with E-state index in [1.807, 2.05) is 48.5 Å². The molecule has 0 unspecified atom stereocenters. The number of benzene rings is 2. The number of hydrogen-bond acceptors (Lipinski definition) is 6. The second-order valence-electron chi connectivity index (χ2n) is 5.77. The van der Waals surface area contributed by atoms with E-state index in [1.165, 1.54) is 11.8 Å². The number of carbonyl (C=O) groups is 1. The molecule has 3 N–H and O–H groups in total. The highest BCUT2D eigenvalue weighted by Gasteiger charge is 2.16. The molecule has 0 atom stereocenters. The minimum atomic E-state index is -0.574. The standard InChI is InChI=1S/C18H15N5O3S/c24-16-19-13-7-6-12(8-14(13)20-16)15-10-27-17(23-22-15)21-18(25)26-9-11-4-2-1-3-5-11/h1-8H,9-10H2,(H2,19,20,24)(H,21,23,25). The van der Waals surface area contributed by atoms with E-state index in [2.05, 4.69) is 25.5 Å². The maximum Gasteiger partial charge on any atom is 0.413 e. The van der Waals surface area contributed by atoms with Gasteiger partial charge >= 0.3 is 11.8 Å². The van der Waals surface area contributed by atoms with Crippen molar-refractivity contribution in [2.45, 2.75) is 6.61 Å². The van der Waals surface area contributed by atoms with Crippen LogP contribution in [0.1, 0.15) is 11.1 Å². The summed E-state index contributed by atoms with van der Waals surface area (Å²) in [5.41, 5.74) is 3.72. The van der Waals surface area contributed by atoms with Gasteiger partial charge in [0, 0.05) is 11.3 Å². The number of thioether (sulfide) groups is 1. The number of aromatic nitrogens is 2. The summed E-state index contributed by atoms with van der Waals surface area (Å²) >= 11 is 1.35. The number of fused-ring (bicyclic) bond motifs is 1. The molecule has 0 spiro atoms. The van der Waals surface area contributed by atoms with Crippen LogP contribution in [0.4, 0.5) is 4.79 Å². The van der Waals surface area contributed by atoms with Crippen molar-refractivity contribution < 1.29 is 9.53 Å². The number of hydrogen-bond donors (Lipinski definition) is 3. The fourth-order valence-corrected chi connectivity index (χ4v) is 3.31. The zero-order valence-electron chi connectivity index (χ0n) is 14.1. The van der Waals surface area contributed by atoms with E-state index in [-0.39, 0.29) is 12.3 Å². The maximum atomic E-state index is 11.9. The number of amidine groups is 1. The Morgan fingerprint density at radius 3 is 2.70 bits per heavy atom. The van der Waals surface area contributed by atoms with E-state index >= 15 is 0 Å². The zero-order valence-corrected chi connectivity index (χ0v) is 14.9. The van der Waals surface area contributed by atoms with Crippen molar-refractivity contribution in [2.24, 2.45) is 10.2 Å². The molecule has 136 valence electrons. The fraction of sp³-hybridized carbons (Fsp3) is 0.111. The second-order valence-corrected chi connectivity index (χ2v) is 6.73. The normalized spacial score (nSPS) is 13.8. The summed E-state index contributed by atoms with van der Waals surface area (Å²) < 4.78 is 5.16. The minimum Gasteiger partial charge on any atom is -0.444 e. The Hall–Kier alpha value is -3.33. The number of nitrogens with zero attached hydrogens (tertiary/aromatic N) is 2. The molecule has 9 heteroatoms. The summed E-state index contributed by atoms with van der Waals surface area (Å²) in [6.45, 7) is 0.189. The Kier molecular flexibility index (Phi) is 4.75. The van der Waals surface area contributed by atoms with Crippen LogP contribution in [0.25, 0.3) is 11.0 Å². The monoisotopic (exact) mass is 381 g/mol. The summed E-state index contributed by atoms with van der Waals surface area (Å²) in [4.78, 5) is 28.6. The second kappa shape index (κ2) is 7.50. The average molecular weight is 381 g/mol. The van der Waals surface area contributed by atoms with Gasteiger partial charge < -0.3 is 14.7 Å². The summed E-state index contributed by atoms with van der Waals surface area (Å²) in [5.74, 6) is 0.540. The minimum absolute atomic E-state index is 0.189. The molecule has 0 fully saturated rings. The number of H-pyrrole nitrogens is 2. The number of imidazole rings is 1. The Labute approximate surface area is 157 Å². The third-order valence-electron chi connectivity index (χ3n) is 3.88. The Balaban J connectivity index is 1.39. The predicted molar refractivity (Wildman–Crippen MR) is 105 cm³/mol. The molecular weight excluding hydrogens is 366 g/mol. The van der Waals surface area contributed by atoms with E-state index < -0.39 is 6.09 Å². The first kappa shape index (κ1) is 17.1. The van der Waals surface area contributed by atoms with Crippen molar-refractivity contribution in [3.05, 3.63) is 70.1 Å². The molecule has 8 nitrogen and oxygen atoms in total. The van der Waals surface area contributed by atoms with Crippen molar-refractivity contribution in [3.8, 4) is 0 Å². The van der Waals surface area contributed by atoms with Crippen molar-refractivity contribution in [1.82, 2.24) is 15.3 Å². The highest BCUT2D eigenvalue weighted by molar-refractivity contribution is 8.14. The molecule has 0 saturated carbocycles. The number of rotatable bonds is 3. The van der Waals surface area contributed by atoms with Crippen LogP contribution in [0.15, 0.2) is 63.5 Å². The van der Waals surface area contributed by atoms with E-state index in [0.29, 0.717) is 16.4 Å². The largest absolute Gasteiger partial charge is 0.444 e. The molecular formula is C18H15N5O3S. The number of aromatic amines is 2.